The molecule has 0 aliphatic heterocycles. The fraction of sp³-hybridized carbons (Fsp3) is 0.455. The van der Waals surface area contributed by atoms with Crippen LogP contribution in [0.4, 0.5) is 5.69 Å². The summed E-state index contributed by atoms with van der Waals surface area (Å²) < 4.78 is 0. The van der Waals surface area contributed by atoms with Gasteiger partial charge in [0.1, 0.15) is 0 Å². The minimum atomic E-state index is 0.0785. The number of benzene rings is 1. The van der Waals surface area contributed by atoms with Gasteiger partial charge in [-0.05, 0) is 57.6 Å². The summed E-state index contributed by atoms with van der Waals surface area (Å²) in [5.41, 5.74) is 6.77. The fourth-order valence-corrected chi connectivity index (χ4v) is 4.01. The molecule has 1 aromatic heterocycles. The van der Waals surface area contributed by atoms with E-state index >= 15 is 0 Å². The molecule has 2 heteroatoms. The summed E-state index contributed by atoms with van der Waals surface area (Å²) in [5, 5.41) is 0. The van der Waals surface area contributed by atoms with Gasteiger partial charge in [0.05, 0.1) is 12.3 Å². The van der Waals surface area contributed by atoms with E-state index in [2.05, 4.69) is 69.6 Å². The molecule has 0 amide bonds. The van der Waals surface area contributed by atoms with Gasteiger partial charge in [0, 0.05) is 6.20 Å². The van der Waals surface area contributed by atoms with Gasteiger partial charge in [-0.2, -0.15) is 0 Å². The van der Waals surface area contributed by atoms with Crippen molar-refractivity contribution in [2.24, 2.45) is 5.41 Å². The van der Waals surface area contributed by atoms with E-state index in [0.29, 0.717) is 5.69 Å². The van der Waals surface area contributed by atoms with Gasteiger partial charge in [-0.1, -0.05) is 53.7 Å². The first-order valence-corrected chi connectivity index (χ1v) is 8.53. The number of pyridine rings is 1. The quantitative estimate of drug-likeness (QED) is 0.572. The molecule has 0 radical (unpaired) electrons. The molecule has 1 heterocycles. The van der Waals surface area contributed by atoms with Gasteiger partial charge in [0.15, 0.2) is 5.69 Å². The van der Waals surface area contributed by atoms with Crippen molar-refractivity contribution in [3.63, 3.8) is 0 Å². The number of hydrogen-bond acceptors (Lipinski definition) is 1. The average molecular weight is 318 g/mol. The lowest BCUT2D eigenvalue weighted by Crippen LogP contribution is -2.42. The smallest absolute Gasteiger partial charge is 0.193 e. The predicted octanol–water partition coefficient (Wildman–Crippen LogP) is 6.20. The summed E-state index contributed by atoms with van der Waals surface area (Å²) in [6.07, 6.45) is 1.80. The molecular weight excluding hydrogens is 292 g/mol. The first-order valence-electron chi connectivity index (χ1n) is 8.53. The van der Waals surface area contributed by atoms with E-state index in [9.17, 15) is 0 Å². The van der Waals surface area contributed by atoms with Crippen LogP contribution in [0, 0.1) is 18.9 Å². The number of hydrogen-bond donors (Lipinski definition) is 0. The summed E-state index contributed by atoms with van der Waals surface area (Å²) in [7, 11) is 0. The van der Waals surface area contributed by atoms with Crippen LogP contribution in [0.15, 0.2) is 30.5 Å². The highest BCUT2D eigenvalue weighted by Gasteiger charge is 2.56. The summed E-state index contributed by atoms with van der Waals surface area (Å²) in [6, 6.07) is 8.61. The molecule has 1 aliphatic carbocycles. The molecule has 0 atom stereocenters. The van der Waals surface area contributed by atoms with Crippen molar-refractivity contribution < 1.29 is 0 Å². The van der Waals surface area contributed by atoms with Crippen molar-refractivity contribution in [3.05, 3.63) is 58.6 Å². The molecule has 24 heavy (non-hydrogen) atoms. The van der Waals surface area contributed by atoms with E-state index in [0.717, 1.165) is 16.8 Å². The van der Waals surface area contributed by atoms with Crippen LogP contribution >= 0.6 is 0 Å². The number of fused-ring (bicyclic) bond motifs is 1. The number of aryl methyl sites for hydroxylation is 1. The SMILES string of the molecule is [C-]#[N+]c1cc(-c2ccc3c(c2)C(C)(C)C(C)(C)C3(C)C)ncc1C. The summed E-state index contributed by atoms with van der Waals surface area (Å²) in [6.45, 7) is 23.4. The average Bonchev–Trinajstić information content (AvgIpc) is 2.63. The second-order valence-corrected chi connectivity index (χ2v) is 8.60. The van der Waals surface area contributed by atoms with Crippen LogP contribution < -0.4 is 0 Å². The zero-order chi connectivity index (χ0) is 17.9. The lowest BCUT2D eigenvalue weighted by molar-refractivity contribution is 0.125. The lowest BCUT2D eigenvalue weighted by atomic mass is 9.59. The Labute approximate surface area is 145 Å². The second kappa shape index (κ2) is 4.93. The summed E-state index contributed by atoms with van der Waals surface area (Å²) >= 11 is 0. The van der Waals surface area contributed by atoms with Crippen molar-refractivity contribution in [1.29, 1.82) is 0 Å². The van der Waals surface area contributed by atoms with Crippen LogP contribution in [0.3, 0.4) is 0 Å². The Balaban J connectivity index is 2.20. The topological polar surface area (TPSA) is 17.2 Å². The standard InChI is InChI=1S/C22H26N2/c1-14-13-24-19(12-18(14)23-8)15-9-10-16-17(11-15)21(4,5)22(6,7)20(16,2)3/h9-13H,1-7H3. The molecule has 1 aromatic carbocycles. The lowest BCUT2D eigenvalue weighted by Gasteiger charge is -2.44. The Kier molecular flexibility index (Phi) is 3.43. The van der Waals surface area contributed by atoms with Gasteiger partial charge < -0.3 is 0 Å². The molecule has 0 spiro atoms. The van der Waals surface area contributed by atoms with Crippen molar-refractivity contribution in [2.75, 3.05) is 0 Å². The van der Waals surface area contributed by atoms with E-state index in [1.54, 1.807) is 6.20 Å². The highest BCUT2D eigenvalue weighted by atomic mass is 14.7. The van der Waals surface area contributed by atoms with Crippen LogP contribution in [0.1, 0.15) is 58.2 Å². The zero-order valence-corrected chi connectivity index (χ0v) is 15.8. The Morgan fingerprint density at radius 3 is 2.17 bits per heavy atom. The minimum Gasteiger partial charge on any atom is -0.259 e. The summed E-state index contributed by atoms with van der Waals surface area (Å²) in [4.78, 5) is 8.17. The molecule has 0 bridgehead atoms. The van der Waals surface area contributed by atoms with Crippen LogP contribution in [-0.2, 0) is 10.8 Å². The normalized spacial score (nSPS) is 19.6. The molecule has 0 unspecified atom stereocenters. The van der Waals surface area contributed by atoms with Crippen LogP contribution in [0.5, 0.6) is 0 Å². The second-order valence-electron chi connectivity index (χ2n) is 8.60. The van der Waals surface area contributed by atoms with E-state index in [1.807, 2.05) is 13.0 Å². The van der Waals surface area contributed by atoms with Crippen molar-refractivity contribution in [3.8, 4) is 11.3 Å². The van der Waals surface area contributed by atoms with E-state index < -0.39 is 0 Å². The molecule has 0 saturated heterocycles. The summed E-state index contributed by atoms with van der Waals surface area (Å²) in [5.74, 6) is 0. The first-order chi connectivity index (χ1) is 11.0. The number of aromatic nitrogens is 1. The molecule has 3 rings (SSSR count). The first kappa shape index (κ1) is 16.7. The van der Waals surface area contributed by atoms with E-state index in [4.69, 9.17) is 6.57 Å². The van der Waals surface area contributed by atoms with Gasteiger partial charge in [-0.25, -0.2) is 4.85 Å². The number of nitrogens with zero attached hydrogens (tertiary/aromatic N) is 2. The van der Waals surface area contributed by atoms with Crippen LogP contribution in [-0.4, -0.2) is 4.98 Å². The molecule has 2 aromatic rings. The van der Waals surface area contributed by atoms with Gasteiger partial charge in [0.2, 0.25) is 0 Å². The highest BCUT2D eigenvalue weighted by molar-refractivity contribution is 5.69. The van der Waals surface area contributed by atoms with E-state index in [-0.39, 0.29) is 16.2 Å². The molecule has 1 aliphatic rings. The van der Waals surface area contributed by atoms with Crippen LogP contribution in [0.25, 0.3) is 16.1 Å². The maximum Gasteiger partial charge on any atom is 0.193 e. The highest BCUT2D eigenvalue weighted by Crippen LogP contribution is 2.61. The van der Waals surface area contributed by atoms with Gasteiger partial charge in [-0.15, -0.1) is 0 Å². The monoisotopic (exact) mass is 318 g/mol. The molecule has 0 N–H and O–H groups in total. The minimum absolute atomic E-state index is 0.0785. The number of rotatable bonds is 1. The van der Waals surface area contributed by atoms with E-state index in [1.165, 1.54) is 11.1 Å². The van der Waals surface area contributed by atoms with Gasteiger partial charge >= 0.3 is 0 Å². The Bertz CT molecular complexity index is 864. The third kappa shape index (κ3) is 1.97. The zero-order valence-electron chi connectivity index (χ0n) is 15.8. The molecule has 124 valence electrons. The molecule has 0 saturated carbocycles. The van der Waals surface area contributed by atoms with Gasteiger partial charge in [0.25, 0.3) is 0 Å². The van der Waals surface area contributed by atoms with Crippen LogP contribution in [0.2, 0.25) is 0 Å². The Morgan fingerprint density at radius 1 is 0.917 bits per heavy atom. The maximum atomic E-state index is 7.33. The van der Waals surface area contributed by atoms with Crippen molar-refractivity contribution >= 4 is 5.69 Å². The molecule has 2 nitrogen and oxygen atoms in total. The third-order valence-corrected chi connectivity index (χ3v) is 6.98. The largest absolute Gasteiger partial charge is 0.259 e. The van der Waals surface area contributed by atoms with Gasteiger partial charge in [-0.3, -0.25) is 4.98 Å². The molecular formula is C22H26N2. The molecule has 0 fully saturated rings. The van der Waals surface area contributed by atoms with Crippen molar-refractivity contribution in [2.45, 2.75) is 59.3 Å². The Hall–Kier alpha value is -2.14. The van der Waals surface area contributed by atoms with Crippen molar-refractivity contribution in [1.82, 2.24) is 4.98 Å². The fourth-order valence-electron chi connectivity index (χ4n) is 4.01. The maximum absolute atomic E-state index is 7.33. The predicted molar refractivity (Wildman–Crippen MR) is 101 cm³/mol. The third-order valence-electron chi connectivity index (χ3n) is 6.98. The Morgan fingerprint density at radius 2 is 1.54 bits per heavy atom.